The van der Waals surface area contributed by atoms with Gasteiger partial charge in [-0.15, -0.1) is 0 Å². The summed E-state index contributed by atoms with van der Waals surface area (Å²) in [5.74, 6) is 3.17. The minimum Gasteiger partial charge on any atom is -0.0654 e. The quantitative estimate of drug-likeness (QED) is 0.318. The third kappa shape index (κ3) is 15.9. The molecule has 0 N–H and O–H groups in total. The molecular formula is C27H52Y. The fourth-order valence-electron chi connectivity index (χ4n) is 4.99. The second-order valence-electron chi connectivity index (χ2n) is 9.49. The standard InChI is InChI=1S/2C9H18.C9H16.Y/c3*1-2-3-6-9-7-4-5-8-9;/h2*9H,2-8H2,1H3;4,7,9H,2-3,5-6,8H2,1H3;. The van der Waals surface area contributed by atoms with E-state index in [2.05, 4.69) is 33.6 Å². The molecule has 0 aromatic carbocycles. The molecule has 3 aliphatic carbocycles. The van der Waals surface area contributed by atoms with Crippen LogP contribution in [0.1, 0.15) is 143 Å². The summed E-state index contributed by atoms with van der Waals surface area (Å²) in [5.41, 5.74) is 0. The molecule has 0 bridgehead atoms. The van der Waals surface area contributed by atoms with Crippen LogP contribution in [0.3, 0.4) is 0 Å². The summed E-state index contributed by atoms with van der Waals surface area (Å²) in [6, 6.07) is 0. The molecule has 0 amide bonds. The van der Waals surface area contributed by atoms with Crippen LogP contribution >= 0.6 is 0 Å². The zero-order valence-electron chi connectivity index (χ0n) is 19.9. The molecule has 3 saturated carbocycles. The molecule has 3 radical (unpaired) electrons. The second-order valence-corrected chi connectivity index (χ2v) is 9.49. The summed E-state index contributed by atoms with van der Waals surface area (Å²) in [7, 11) is 0. The van der Waals surface area contributed by atoms with Crippen LogP contribution in [0.25, 0.3) is 0 Å². The van der Waals surface area contributed by atoms with Crippen LogP contribution in [0.5, 0.6) is 0 Å². The summed E-state index contributed by atoms with van der Waals surface area (Å²) in [5, 5.41) is 0. The van der Waals surface area contributed by atoms with Gasteiger partial charge in [0.15, 0.2) is 0 Å². The molecule has 0 aromatic heterocycles. The van der Waals surface area contributed by atoms with Crippen molar-refractivity contribution in [3.63, 3.8) is 0 Å². The van der Waals surface area contributed by atoms with E-state index in [0.717, 1.165) is 17.8 Å². The Morgan fingerprint density at radius 3 is 1.39 bits per heavy atom. The largest absolute Gasteiger partial charge is 0.0654 e. The maximum absolute atomic E-state index is 2.38. The topological polar surface area (TPSA) is 0 Å². The summed E-state index contributed by atoms with van der Waals surface area (Å²) in [6.45, 7) is 6.84. The van der Waals surface area contributed by atoms with Crippen molar-refractivity contribution < 1.29 is 32.7 Å². The Balaban J connectivity index is 0.000000384. The van der Waals surface area contributed by atoms with Gasteiger partial charge in [-0.1, -0.05) is 130 Å². The van der Waals surface area contributed by atoms with Gasteiger partial charge in [-0.2, -0.15) is 0 Å². The summed E-state index contributed by atoms with van der Waals surface area (Å²) in [4.78, 5) is 0. The van der Waals surface area contributed by atoms with Gasteiger partial charge in [-0.3, -0.25) is 0 Å². The Morgan fingerprint density at radius 1 is 0.607 bits per heavy atom. The average Bonchev–Trinajstić information content (AvgIpc) is 3.47. The van der Waals surface area contributed by atoms with Crippen LogP contribution in [-0.2, 0) is 32.7 Å². The normalized spacial score (nSPS) is 20.2. The molecule has 163 valence electrons. The second kappa shape index (κ2) is 21.3. The van der Waals surface area contributed by atoms with Crippen LogP contribution in [-0.4, -0.2) is 0 Å². The molecule has 0 spiro atoms. The van der Waals surface area contributed by atoms with E-state index in [1.54, 1.807) is 0 Å². The first-order chi connectivity index (χ1) is 13.3. The van der Waals surface area contributed by atoms with Gasteiger partial charge in [-0.25, -0.2) is 0 Å². The van der Waals surface area contributed by atoms with Crippen molar-refractivity contribution >= 4 is 0 Å². The summed E-state index contributed by atoms with van der Waals surface area (Å²) < 4.78 is 0. The smallest absolute Gasteiger partial charge is 0 e. The fourth-order valence-corrected chi connectivity index (χ4v) is 4.99. The predicted molar refractivity (Wildman–Crippen MR) is 124 cm³/mol. The Bertz CT molecular complexity index is 235. The van der Waals surface area contributed by atoms with Crippen molar-refractivity contribution in [3.05, 3.63) is 12.8 Å². The number of hydrogen-bond acceptors (Lipinski definition) is 0. The minimum absolute atomic E-state index is 0. The van der Waals surface area contributed by atoms with Crippen molar-refractivity contribution in [2.24, 2.45) is 17.8 Å². The molecule has 0 saturated heterocycles. The molecule has 0 aliphatic heterocycles. The third-order valence-corrected chi connectivity index (χ3v) is 6.92. The maximum Gasteiger partial charge on any atom is 0 e. The molecule has 3 rings (SSSR count). The van der Waals surface area contributed by atoms with E-state index in [4.69, 9.17) is 0 Å². The number of rotatable bonds is 9. The van der Waals surface area contributed by atoms with E-state index in [1.807, 2.05) is 0 Å². The van der Waals surface area contributed by atoms with E-state index >= 15 is 0 Å². The Labute approximate surface area is 205 Å². The molecule has 1 atom stereocenters. The molecule has 0 aromatic rings. The summed E-state index contributed by atoms with van der Waals surface area (Å²) >= 11 is 0. The number of hydrogen-bond donors (Lipinski definition) is 0. The van der Waals surface area contributed by atoms with Crippen LogP contribution in [0.4, 0.5) is 0 Å². The van der Waals surface area contributed by atoms with Gasteiger partial charge in [0.25, 0.3) is 0 Å². The summed E-state index contributed by atoms with van der Waals surface area (Å²) in [6.07, 6.45) is 32.5. The molecule has 1 heteroatoms. The Hall–Kier alpha value is 1.10. The van der Waals surface area contributed by atoms with Crippen molar-refractivity contribution in [1.29, 1.82) is 0 Å². The average molecular weight is 466 g/mol. The van der Waals surface area contributed by atoms with E-state index in [9.17, 15) is 0 Å². The molecule has 3 aliphatic rings. The molecular weight excluding hydrogens is 413 g/mol. The first kappa shape index (κ1) is 29.1. The van der Waals surface area contributed by atoms with Gasteiger partial charge in [0.05, 0.1) is 0 Å². The van der Waals surface area contributed by atoms with E-state index in [0.29, 0.717) is 0 Å². The molecule has 0 heterocycles. The predicted octanol–water partition coefficient (Wildman–Crippen LogP) is 9.73. The molecule has 3 fully saturated rings. The van der Waals surface area contributed by atoms with Gasteiger partial charge in [0.2, 0.25) is 0 Å². The van der Waals surface area contributed by atoms with Gasteiger partial charge in [-0.05, 0) is 43.4 Å². The van der Waals surface area contributed by atoms with Crippen LogP contribution in [0.2, 0.25) is 0 Å². The molecule has 28 heavy (non-hydrogen) atoms. The van der Waals surface area contributed by atoms with E-state index < -0.39 is 0 Å². The fraction of sp³-hybridized carbons (Fsp3) is 0.926. The van der Waals surface area contributed by atoms with Gasteiger partial charge >= 0.3 is 0 Å². The molecule has 1 unspecified atom stereocenters. The monoisotopic (exact) mass is 465 g/mol. The SMILES string of the molecule is CCCCC1CCCC1.CCCCC1CCCC1.CCCCC1[CH][CH]CC1.[Y]. The minimum atomic E-state index is 0. The van der Waals surface area contributed by atoms with Crippen molar-refractivity contribution in [3.8, 4) is 0 Å². The van der Waals surface area contributed by atoms with Crippen LogP contribution in [0, 0.1) is 30.6 Å². The number of unbranched alkanes of at least 4 members (excludes halogenated alkanes) is 3. The van der Waals surface area contributed by atoms with Crippen LogP contribution < -0.4 is 0 Å². The van der Waals surface area contributed by atoms with E-state index in [-0.39, 0.29) is 32.7 Å². The first-order valence-electron chi connectivity index (χ1n) is 13.0. The maximum atomic E-state index is 2.38. The van der Waals surface area contributed by atoms with Crippen molar-refractivity contribution in [1.82, 2.24) is 0 Å². The van der Waals surface area contributed by atoms with Crippen molar-refractivity contribution in [2.45, 2.75) is 143 Å². The van der Waals surface area contributed by atoms with E-state index in [1.165, 1.54) is 122 Å². The van der Waals surface area contributed by atoms with Gasteiger partial charge in [0.1, 0.15) is 0 Å². The Morgan fingerprint density at radius 2 is 1.04 bits per heavy atom. The van der Waals surface area contributed by atoms with Crippen LogP contribution in [0.15, 0.2) is 0 Å². The zero-order chi connectivity index (χ0) is 19.6. The third-order valence-electron chi connectivity index (χ3n) is 6.92. The van der Waals surface area contributed by atoms with Crippen molar-refractivity contribution in [2.75, 3.05) is 0 Å². The zero-order valence-corrected chi connectivity index (χ0v) is 22.7. The Kier molecular flexibility index (Phi) is 22.2. The van der Waals surface area contributed by atoms with Gasteiger partial charge in [0, 0.05) is 32.7 Å². The molecule has 0 nitrogen and oxygen atoms in total. The first-order valence-corrected chi connectivity index (χ1v) is 13.0. The van der Waals surface area contributed by atoms with Gasteiger partial charge < -0.3 is 0 Å².